The van der Waals surface area contributed by atoms with Crippen LogP contribution in [0.25, 0.3) is 0 Å². The maximum Gasteiger partial charge on any atom is 0.342 e. The van der Waals surface area contributed by atoms with Crippen molar-refractivity contribution in [3.8, 4) is 0 Å². The van der Waals surface area contributed by atoms with Crippen molar-refractivity contribution in [2.75, 3.05) is 0 Å². The molecule has 19 heavy (non-hydrogen) atoms. The zero-order valence-electron chi connectivity index (χ0n) is 9.71. The van der Waals surface area contributed by atoms with Gasteiger partial charge in [0.2, 0.25) is 0 Å². The Hall–Kier alpha value is -2.34. The number of ether oxygens (including phenoxy) is 1. The Labute approximate surface area is 107 Å². The fourth-order valence-corrected chi connectivity index (χ4v) is 2.56. The Bertz CT molecular complexity index is 650. The van der Waals surface area contributed by atoms with Gasteiger partial charge in [0.25, 0.3) is 0 Å². The van der Waals surface area contributed by atoms with Crippen molar-refractivity contribution in [3.63, 3.8) is 0 Å². The number of benzene rings is 1. The van der Waals surface area contributed by atoms with E-state index in [-0.39, 0.29) is 17.5 Å². The van der Waals surface area contributed by atoms with Gasteiger partial charge in [0, 0.05) is 11.1 Å². The highest BCUT2D eigenvalue weighted by Crippen LogP contribution is 2.37. The number of rotatable bonds is 0. The first-order valence-corrected chi connectivity index (χ1v) is 5.68. The Morgan fingerprint density at radius 3 is 2.42 bits per heavy atom. The molecule has 2 atom stereocenters. The van der Waals surface area contributed by atoms with Crippen LogP contribution in [-0.4, -0.2) is 29.0 Å². The van der Waals surface area contributed by atoms with Gasteiger partial charge in [-0.1, -0.05) is 24.3 Å². The molecular formula is C13H9NO5. The number of esters is 2. The summed E-state index contributed by atoms with van der Waals surface area (Å²) in [5.74, 6) is -4.31. The van der Waals surface area contributed by atoms with E-state index in [0.717, 1.165) is 0 Å². The lowest BCUT2D eigenvalue weighted by molar-refractivity contribution is -0.169. The van der Waals surface area contributed by atoms with Gasteiger partial charge in [-0.25, -0.2) is 4.79 Å². The molecule has 1 aromatic carbocycles. The van der Waals surface area contributed by atoms with E-state index in [1.807, 2.05) is 0 Å². The van der Waals surface area contributed by atoms with Gasteiger partial charge in [0.05, 0.1) is 12.3 Å². The van der Waals surface area contributed by atoms with Crippen LogP contribution >= 0.6 is 0 Å². The molecule has 0 radical (unpaired) electrons. The molecule has 0 amide bonds. The third-order valence-corrected chi connectivity index (χ3v) is 3.59. The molecule has 1 aliphatic carbocycles. The van der Waals surface area contributed by atoms with Gasteiger partial charge in [0.1, 0.15) is 0 Å². The third kappa shape index (κ3) is 1.34. The van der Waals surface area contributed by atoms with Crippen LogP contribution in [0.3, 0.4) is 0 Å². The number of hydrogen-bond donors (Lipinski definition) is 1. The van der Waals surface area contributed by atoms with Crippen LogP contribution < -0.4 is 5.73 Å². The van der Waals surface area contributed by atoms with Gasteiger partial charge in [-0.15, -0.1) is 0 Å². The van der Waals surface area contributed by atoms with Crippen LogP contribution in [0.4, 0.5) is 0 Å². The molecule has 0 bridgehead atoms. The fourth-order valence-electron chi connectivity index (χ4n) is 2.56. The maximum atomic E-state index is 12.3. The van der Waals surface area contributed by atoms with E-state index >= 15 is 0 Å². The number of cyclic esters (lactones) is 2. The highest BCUT2D eigenvalue weighted by Gasteiger charge is 2.60. The number of ketones is 2. The molecule has 3 rings (SSSR count). The number of carbonyl (C=O) groups excluding carboxylic acids is 4. The number of nitrogens with two attached hydrogens (primary N) is 1. The summed E-state index contributed by atoms with van der Waals surface area (Å²) >= 11 is 0. The Kier molecular flexibility index (Phi) is 2.21. The standard InChI is InChI=1S/C13H9NO5/c14-13-8(5-9(15)19-12(13)18)10(16)6-3-1-2-4-7(6)11(13)17/h1-4,8H,5,14H2/t8-,13+/m1/s1. The molecule has 0 aromatic heterocycles. The van der Waals surface area contributed by atoms with Crippen molar-refractivity contribution in [1.82, 2.24) is 0 Å². The molecular weight excluding hydrogens is 250 g/mol. The third-order valence-electron chi connectivity index (χ3n) is 3.59. The fraction of sp³-hybridized carbons (Fsp3) is 0.231. The van der Waals surface area contributed by atoms with Gasteiger partial charge in [-0.05, 0) is 0 Å². The summed E-state index contributed by atoms with van der Waals surface area (Å²) in [4.78, 5) is 47.7. The lowest BCUT2D eigenvalue weighted by Crippen LogP contribution is -2.68. The lowest BCUT2D eigenvalue weighted by atomic mass is 9.67. The summed E-state index contributed by atoms with van der Waals surface area (Å²) in [6.45, 7) is 0. The molecule has 96 valence electrons. The molecule has 1 aliphatic heterocycles. The van der Waals surface area contributed by atoms with Crippen LogP contribution in [0.15, 0.2) is 24.3 Å². The second-order valence-corrected chi connectivity index (χ2v) is 4.63. The summed E-state index contributed by atoms with van der Waals surface area (Å²) < 4.78 is 4.42. The van der Waals surface area contributed by atoms with Crippen molar-refractivity contribution in [3.05, 3.63) is 35.4 Å². The topological polar surface area (TPSA) is 104 Å². The maximum absolute atomic E-state index is 12.3. The second-order valence-electron chi connectivity index (χ2n) is 4.63. The zero-order chi connectivity index (χ0) is 13.8. The van der Waals surface area contributed by atoms with Crippen LogP contribution in [0.2, 0.25) is 0 Å². The summed E-state index contributed by atoms with van der Waals surface area (Å²) in [6.07, 6.45) is -0.360. The summed E-state index contributed by atoms with van der Waals surface area (Å²) in [5, 5.41) is 0. The van der Waals surface area contributed by atoms with Crippen molar-refractivity contribution in [1.29, 1.82) is 0 Å². The van der Waals surface area contributed by atoms with E-state index in [2.05, 4.69) is 4.74 Å². The van der Waals surface area contributed by atoms with E-state index in [1.165, 1.54) is 12.1 Å². The molecule has 0 unspecified atom stereocenters. The van der Waals surface area contributed by atoms with E-state index in [4.69, 9.17) is 5.73 Å². The molecule has 0 spiro atoms. The molecule has 2 aliphatic rings. The Morgan fingerprint density at radius 1 is 1.11 bits per heavy atom. The molecule has 1 fully saturated rings. The SMILES string of the molecule is N[C@@]12C(=O)OC(=O)C[C@@H]1C(=O)c1ccccc1C2=O. The highest BCUT2D eigenvalue weighted by atomic mass is 16.6. The summed E-state index contributed by atoms with van der Waals surface area (Å²) in [6, 6.07) is 6.10. The van der Waals surface area contributed by atoms with Gasteiger partial charge >= 0.3 is 11.9 Å². The molecule has 6 nitrogen and oxygen atoms in total. The zero-order valence-corrected chi connectivity index (χ0v) is 9.71. The molecule has 0 saturated carbocycles. The van der Waals surface area contributed by atoms with E-state index in [0.29, 0.717) is 0 Å². The largest absolute Gasteiger partial charge is 0.391 e. The quantitative estimate of drug-likeness (QED) is 0.513. The first-order chi connectivity index (χ1) is 8.96. The lowest BCUT2D eigenvalue weighted by Gasteiger charge is -2.39. The van der Waals surface area contributed by atoms with E-state index in [9.17, 15) is 19.2 Å². The van der Waals surface area contributed by atoms with Gasteiger partial charge in [-0.2, -0.15) is 0 Å². The molecule has 2 N–H and O–H groups in total. The van der Waals surface area contributed by atoms with E-state index in [1.54, 1.807) is 12.1 Å². The first-order valence-electron chi connectivity index (χ1n) is 5.68. The Balaban J connectivity index is 2.25. The normalized spacial score (nSPS) is 29.6. The van der Waals surface area contributed by atoms with Crippen molar-refractivity contribution >= 4 is 23.5 Å². The summed E-state index contributed by atoms with van der Waals surface area (Å²) in [5.41, 5.74) is 4.03. The number of hydrogen-bond acceptors (Lipinski definition) is 6. The number of carbonyl (C=O) groups is 4. The predicted octanol–water partition coefficient (Wildman–Crippen LogP) is -0.147. The van der Waals surface area contributed by atoms with Crippen LogP contribution in [0, 0.1) is 5.92 Å². The minimum atomic E-state index is -2.08. The average molecular weight is 259 g/mol. The minimum absolute atomic E-state index is 0.0950. The molecule has 1 saturated heterocycles. The summed E-state index contributed by atoms with van der Waals surface area (Å²) in [7, 11) is 0. The van der Waals surface area contributed by atoms with E-state index < -0.39 is 35.0 Å². The van der Waals surface area contributed by atoms with Gasteiger partial charge in [-0.3, -0.25) is 14.4 Å². The van der Waals surface area contributed by atoms with Gasteiger partial charge in [0.15, 0.2) is 17.1 Å². The van der Waals surface area contributed by atoms with Crippen molar-refractivity contribution < 1.29 is 23.9 Å². The molecule has 1 heterocycles. The first kappa shape index (κ1) is 11.7. The average Bonchev–Trinajstić information content (AvgIpc) is 2.40. The number of Topliss-reactive ketones (excluding diaryl/α,β-unsaturated/α-hetero) is 2. The molecule has 6 heteroatoms. The number of fused-ring (bicyclic) bond motifs is 2. The van der Waals surface area contributed by atoms with Crippen LogP contribution in [0.5, 0.6) is 0 Å². The van der Waals surface area contributed by atoms with Crippen molar-refractivity contribution in [2.45, 2.75) is 12.0 Å². The van der Waals surface area contributed by atoms with Crippen LogP contribution in [-0.2, 0) is 14.3 Å². The smallest absolute Gasteiger partial charge is 0.342 e. The van der Waals surface area contributed by atoms with Crippen molar-refractivity contribution in [2.24, 2.45) is 11.7 Å². The monoisotopic (exact) mass is 259 g/mol. The minimum Gasteiger partial charge on any atom is -0.391 e. The second kappa shape index (κ2) is 3.58. The van der Waals surface area contributed by atoms with Crippen LogP contribution in [0.1, 0.15) is 27.1 Å². The molecule has 1 aromatic rings. The van der Waals surface area contributed by atoms with Gasteiger partial charge < -0.3 is 10.5 Å². The highest BCUT2D eigenvalue weighted by molar-refractivity contribution is 6.29. The Morgan fingerprint density at radius 2 is 1.74 bits per heavy atom. The predicted molar refractivity (Wildman–Crippen MR) is 61.2 cm³/mol.